The average Bonchev–Trinajstić information content (AvgIpc) is 3.32. The lowest BCUT2D eigenvalue weighted by atomic mass is 10.1. The Kier molecular flexibility index (Phi) is 7.62. The number of benzene rings is 3. The van der Waals surface area contributed by atoms with E-state index in [0.29, 0.717) is 28.8 Å². The molecule has 0 saturated carbocycles. The Bertz CT molecular complexity index is 1460. The van der Waals surface area contributed by atoms with E-state index in [0.717, 1.165) is 23.6 Å². The Morgan fingerprint density at radius 2 is 1.95 bits per heavy atom. The highest BCUT2D eigenvalue weighted by molar-refractivity contribution is 8.26. The molecule has 3 aromatic rings. The number of methoxy groups -OCH3 is 1. The monoisotopic (exact) mass is 530 g/mol. The van der Waals surface area contributed by atoms with Gasteiger partial charge in [0.1, 0.15) is 5.04 Å². The van der Waals surface area contributed by atoms with Gasteiger partial charge in [0.05, 0.1) is 19.3 Å². The molecule has 2 heterocycles. The molecule has 7 nitrogen and oxygen atoms in total. The Balaban J connectivity index is 1.26. The summed E-state index contributed by atoms with van der Waals surface area (Å²) in [6.45, 7) is 2.57. The molecule has 37 heavy (non-hydrogen) atoms. The Morgan fingerprint density at radius 3 is 2.78 bits per heavy atom. The summed E-state index contributed by atoms with van der Waals surface area (Å²) in [5.41, 5.74) is 0.902. The molecule has 0 aliphatic carbocycles. The third kappa shape index (κ3) is 5.42. The first-order chi connectivity index (χ1) is 18.1. The van der Waals surface area contributed by atoms with Gasteiger partial charge in [-0.15, -0.1) is 11.8 Å². The lowest BCUT2D eigenvalue weighted by molar-refractivity contribution is -0.114. The minimum absolute atomic E-state index is 0.0263. The van der Waals surface area contributed by atoms with Gasteiger partial charge in [0, 0.05) is 10.6 Å². The molecular formula is C28H26N4O3S2. The summed E-state index contributed by atoms with van der Waals surface area (Å²) in [5, 5.41) is 18.2. The number of ether oxygens (including phenoxy) is 2. The molecule has 9 heteroatoms. The fraction of sp³-hybridized carbons (Fsp3) is 0.214. The molecule has 188 valence electrons. The van der Waals surface area contributed by atoms with Crippen LogP contribution in [0, 0.1) is 5.41 Å². The number of rotatable bonds is 9. The number of amidine groups is 2. The molecule has 0 spiro atoms. The minimum Gasteiger partial charge on any atom is -0.493 e. The summed E-state index contributed by atoms with van der Waals surface area (Å²) in [5.74, 6) is 1.55. The largest absolute Gasteiger partial charge is 0.493 e. The van der Waals surface area contributed by atoms with Crippen LogP contribution in [-0.2, 0) is 4.79 Å². The number of carbonyl (C=O) groups is 1. The first kappa shape index (κ1) is 25.1. The fourth-order valence-corrected chi connectivity index (χ4v) is 5.92. The van der Waals surface area contributed by atoms with Crippen LogP contribution >= 0.6 is 23.5 Å². The Morgan fingerprint density at radius 1 is 1.11 bits per heavy atom. The lowest BCUT2D eigenvalue weighted by Gasteiger charge is -2.20. The van der Waals surface area contributed by atoms with E-state index in [1.165, 1.54) is 32.4 Å². The Labute approximate surface area is 224 Å². The Hall–Kier alpha value is -3.56. The number of fused-ring (bicyclic) bond motifs is 2. The average molecular weight is 531 g/mol. The van der Waals surface area contributed by atoms with Crippen LogP contribution < -0.4 is 9.47 Å². The van der Waals surface area contributed by atoms with Crippen LogP contribution in [0.4, 0.5) is 0 Å². The quantitative estimate of drug-likeness (QED) is 0.195. The SMILES string of the molecule is CCCC1=NN2C(=N)/C(=C/c3ccc(OCCSc4cccc5ccccc45)c(OC)c3)C(=O)N=C2S1. The van der Waals surface area contributed by atoms with Crippen molar-refractivity contribution in [3.63, 3.8) is 0 Å². The standard InChI is InChI=1S/C28H26N4O3S2/c1-3-7-25-31-32-26(29)21(27(33)30-28(32)37-25)16-18-12-13-22(23(17-18)34-2)35-14-15-36-24-11-6-9-19-8-4-5-10-20(19)24/h4-6,8-13,16-17,29H,3,7,14-15H2,1-2H3/b21-16-,29-26?. The summed E-state index contributed by atoms with van der Waals surface area (Å²) in [4.78, 5) is 18.0. The smallest absolute Gasteiger partial charge is 0.283 e. The van der Waals surface area contributed by atoms with Crippen LogP contribution in [0.3, 0.4) is 0 Å². The molecule has 2 aliphatic heterocycles. The molecule has 0 fully saturated rings. The van der Waals surface area contributed by atoms with E-state index in [-0.39, 0.29) is 11.4 Å². The van der Waals surface area contributed by atoms with Crippen molar-refractivity contribution >= 4 is 62.3 Å². The first-order valence-electron chi connectivity index (χ1n) is 12.0. The van der Waals surface area contributed by atoms with Crippen molar-refractivity contribution in [3.8, 4) is 11.5 Å². The second-order valence-corrected chi connectivity index (χ2v) is 10.5. The van der Waals surface area contributed by atoms with Crippen molar-refractivity contribution in [1.82, 2.24) is 5.01 Å². The summed E-state index contributed by atoms with van der Waals surface area (Å²) < 4.78 is 11.6. The number of amides is 1. The second-order valence-electron chi connectivity index (χ2n) is 8.35. The van der Waals surface area contributed by atoms with Crippen molar-refractivity contribution in [3.05, 3.63) is 71.8 Å². The van der Waals surface area contributed by atoms with Gasteiger partial charge in [0.25, 0.3) is 5.91 Å². The third-order valence-electron chi connectivity index (χ3n) is 5.81. The topological polar surface area (TPSA) is 87.3 Å². The van der Waals surface area contributed by atoms with Crippen LogP contribution in [0.2, 0.25) is 0 Å². The van der Waals surface area contributed by atoms with Gasteiger partial charge in [-0.2, -0.15) is 15.1 Å². The number of carbonyl (C=O) groups excluding carboxylic acids is 1. The van der Waals surface area contributed by atoms with Gasteiger partial charge in [-0.1, -0.05) is 49.4 Å². The molecule has 0 atom stereocenters. The zero-order chi connectivity index (χ0) is 25.8. The number of hydrazone groups is 1. The maximum atomic E-state index is 12.7. The van der Waals surface area contributed by atoms with Crippen molar-refractivity contribution in [2.45, 2.75) is 24.7 Å². The van der Waals surface area contributed by atoms with Gasteiger partial charge in [-0.25, -0.2) is 0 Å². The minimum atomic E-state index is -0.443. The zero-order valence-corrected chi connectivity index (χ0v) is 22.2. The molecule has 0 aromatic heterocycles. The van der Waals surface area contributed by atoms with E-state index in [2.05, 4.69) is 53.4 Å². The van der Waals surface area contributed by atoms with Crippen molar-refractivity contribution < 1.29 is 14.3 Å². The molecule has 0 bridgehead atoms. The number of thioether (sulfide) groups is 2. The second kappa shape index (κ2) is 11.2. The number of nitrogens with zero attached hydrogens (tertiary/aromatic N) is 3. The van der Waals surface area contributed by atoms with Crippen LogP contribution in [0.25, 0.3) is 16.8 Å². The van der Waals surface area contributed by atoms with Gasteiger partial charge in [-0.05, 0) is 65.2 Å². The predicted molar refractivity (Wildman–Crippen MR) is 153 cm³/mol. The predicted octanol–water partition coefficient (Wildman–Crippen LogP) is 6.44. The highest BCUT2D eigenvalue weighted by atomic mass is 32.2. The summed E-state index contributed by atoms with van der Waals surface area (Å²) in [6.07, 6.45) is 3.37. The molecule has 5 rings (SSSR count). The van der Waals surface area contributed by atoms with E-state index in [1.54, 1.807) is 31.0 Å². The molecule has 0 radical (unpaired) electrons. The highest BCUT2D eigenvalue weighted by Crippen LogP contribution is 2.33. The van der Waals surface area contributed by atoms with Crippen LogP contribution in [0.1, 0.15) is 25.3 Å². The van der Waals surface area contributed by atoms with Crippen molar-refractivity contribution in [2.75, 3.05) is 19.5 Å². The lowest BCUT2D eigenvalue weighted by Crippen LogP contribution is -2.35. The number of nitrogens with one attached hydrogen (secondary N) is 1. The van der Waals surface area contributed by atoms with Gasteiger partial charge in [-0.3, -0.25) is 10.2 Å². The number of hydrogen-bond acceptors (Lipinski definition) is 7. The number of aliphatic imine (C=N–C) groups is 1. The summed E-state index contributed by atoms with van der Waals surface area (Å²) >= 11 is 3.10. The van der Waals surface area contributed by atoms with Gasteiger partial charge >= 0.3 is 0 Å². The van der Waals surface area contributed by atoms with Crippen LogP contribution in [0.5, 0.6) is 11.5 Å². The molecular weight excluding hydrogens is 504 g/mol. The number of hydrogen-bond donors (Lipinski definition) is 1. The van der Waals surface area contributed by atoms with E-state index in [4.69, 9.17) is 14.9 Å². The van der Waals surface area contributed by atoms with E-state index in [1.807, 2.05) is 18.2 Å². The first-order valence-corrected chi connectivity index (χ1v) is 13.8. The summed E-state index contributed by atoms with van der Waals surface area (Å²) in [7, 11) is 1.58. The van der Waals surface area contributed by atoms with Crippen LogP contribution in [0.15, 0.2) is 81.2 Å². The van der Waals surface area contributed by atoms with E-state index >= 15 is 0 Å². The van der Waals surface area contributed by atoms with E-state index in [9.17, 15) is 4.79 Å². The van der Waals surface area contributed by atoms with Gasteiger partial charge < -0.3 is 9.47 Å². The van der Waals surface area contributed by atoms with Crippen LogP contribution in [-0.4, -0.2) is 46.4 Å². The van der Waals surface area contributed by atoms with E-state index < -0.39 is 5.91 Å². The molecule has 0 saturated heterocycles. The van der Waals surface area contributed by atoms with Gasteiger partial charge in [0.2, 0.25) is 5.17 Å². The molecule has 0 unspecified atom stereocenters. The molecule has 2 aliphatic rings. The maximum absolute atomic E-state index is 12.7. The maximum Gasteiger partial charge on any atom is 0.283 e. The molecule has 1 N–H and O–H groups in total. The fourth-order valence-electron chi connectivity index (χ4n) is 4.03. The molecule has 3 aromatic carbocycles. The highest BCUT2D eigenvalue weighted by Gasteiger charge is 2.35. The van der Waals surface area contributed by atoms with Crippen molar-refractivity contribution in [1.29, 1.82) is 5.41 Å². The van der Waals surface area contributed by atoms with Crippen molar-refractivity contribution in [2.24, 2.45) is 10.1 Å². The molecule has 1 amide bonds. The zero-order valence-electron chi connectivity index (χ0n) is 20.6. The summed E-state index contributed by atoms with van der Waals surface area (Å²) in [6, 6.07) is 20.1. The normalized spacial score (nSPS) is 16.2. The van der Waals surface area contributed by atoms with Gasteiger partial charge in [0.15, 0.2) is 17.3 Å². The third-order valence-corrected chi connectivity index (χ3v) is 7.81.